The summed E-state index contributed by atoms with van der Waals surface area (Å²) in [6, 6.07) is 6.22. The highest BCUT2D eigenvalue weighted by atomic mass is 79.9. The molecule has 0 amide bonds. The van der Waals surface area contributed by atoms with Gasteiger partial charge in [-0.2, -0.15) is 0 Å². The maximum atomic E-state index is 5.90. The minimum atomic E-state index is 0.460. The molecule has 0 aliphatic carbocycles. The third kappa shape index (κ3) is 2.49. The van der Waals surface area contributed by atoms with E-state index >= 15 is 0 Å². The molecule has 2 N–H and O–H groups in total. The highest BCUT2D eigenvalue weighted by Crippen LogP contribution is 2.28. The van der Waals surface area contributed by atoms with Gasteiger partial charge in [-0.25, -0.2) is 0 Å². The molecule has 92 valence electrons. The predicted octanol–water partition coefficient (Wildman–Crippen LogP) is 2.39. The van der Waals surface area contributed by atoms with E-state index in [4.69, 9.17) is 10.5 Å². The Kier molecular flexibility index (Phi) is 3.11. The number of fused-ring (bicyclic) bond motifs is 2. The first-order chi connectivity index (χ1) is 8.20. The molecule has 2 aliphatic rings. The summed E-state index contributed by atoms with van der Waals surface area (Å²) < 4.78 is 6.81. The molecule has 2 bridgehead atoms. The van der Waals surface area contributed by atoms with Crippen LogP contribution in [0.25, 0.3) is 0 Å². The average molecular weight is 297 g/mol. The number of anilines is 1. The van der Waals surface area contributed by atoms with Gasteiger partial charge in [-0.15, -0.1) is 0 Å². The van der Waals surface area contributed by atoms with E-state index in [1.807, 2.05) is 6.07 Å². The topological polar surface area (TPSA) is 38.5 Å². The van der Waals surface area contributed by atoms with E-state index in [9.17, 15) is 0 Å². The SMILES string of the molecule is Nc1cc(CN2CC3CCC(C2)O3)ccc1Br. The van der Waals surface area contributed by atoms with Gasteiger partial charge < -0.3 is 10.5 Å². The average Bonchev–Trinajstić information content (AvgIpc) is 2.64. The zero-order chi connectivity index (χ0) is 11.8. The summed E-state index contributed by atoms with van der Waals surface area (Å²) in [5.41, 5.74) is 8.01. The zero-order valence-corrected chi connectivity index (χ0v) is 11.3. The summed E-state index contributed by atoms with van der Waals surface area (Å²) >= 11 is 3.43. The van der Waals surface area contributed by atoms with Crippen molar-refractivity contribution >= 4 is 21.6 Å². The summed E-state index contributed by atoms with van der Waals surface area (Å²) in [6.45, 7) is 3.10. The van der Waals surface area contributed by atoms with Crippen molar-refractivity contribution < 1.29 is 4.74 Å². The monoisotopic (exact) mass is 296 g/mol. The Hall–Kier alpha value is -0.580. The van der Waals surface area contributed by atoms with Crippen LogP contribution in [0.15, 0.2) is 22.7 Å². The Balaban J connectivity index is 1.68. The molecule has 2 saturated heterocycles. The number of rotatable bonds is 2. The smallest absolute Gasteiger partial charge is 0.0707 e. The number of hydrogen-bond acceptors (Lipinski definition) is 3. The molecule has 1 aromatic rings. The number of morpholine rings is 1. The molecule has 4 heteroatoms. The molecule has 3 rings (SSSR count). The van der Waals surface area contributed by atoms with E-state index in [2.05, 4.69) is 33.0 Å². The molecule has 2 aliphatic heterocycles. The molecule has 17 heavy (non-hydrogen) atoms. The first-order valence-corrected chi connectivity index (χ1v) is 6.92. The third-order valence-electron chi connectivity index (χ3n) is 3.59. The largest absolute Gasteiger partial charge is 0.398 e. The van der Waals surface area contributed by atoms with Gasteiger partial charge in [0.25, 0.3) is 0 Å². The van der Waals surface area contributed by atoms with Gasteiger partial charge in [0.15, 0.2) is 0 Å². The second kappa shape index (κ2) is 4.59. The van der Waals surface area contributed by atoms with Crippen LogP contribution in [0.1, 0.15) is 18.4 Å². The van der Waals surface area contributed by atoms with Crippen LogP contribution in [0.2, 0.25) is 0 Å². The summed E-state index contributed by atoms with van der Waals surface area (Å²) in [5, 5.41) is 0. The first-order valence-electron chi connectivity index (χ1n) is 6.12. The molecule has 3 nitrogen and oxygen atoms in total. The van der Waals surface area contributed by atoms with E-state index in [-0.39, 0.29) is 0 Å². The lowest BCUT2D eigenvalue weighted by atomic mass is 10.1. The van der Waals surface area contributed by atoms with Crippen molar-refractivity contribution in [3.63, 3.8) is 0 Å². The van der Waals surface area contributed by atoms with Crippen molar-refractivity contribution in [2.45, 2.75) is 31.6 Å². The Bertz CT molecular complexity index is 412. The summed E-state index contributed by atoms with van der Waals surface area (Å²) in [7, 11) is 0. The summed E-state index contributed by atoms with van der Waals surface area (Å²) in [6.07, 6.45) is 3.37. The second-order valence-corrected chi connectivity index (χ2v) is 5.86. The maximum absolute atomic E-state index is 5.90. The molecular formula is C13H17BrN2O. The van der Waals surface area contributed by atoms with Crippen LogP contribution in [0.3, 0.4) is 0 Å². The zero-order valence-electron chi connectivity index (χ0n) is 9.73. The van der Waals surface area contributed by atoms with E-state index in [0.29, 0.717) is 12.2 Å². The molecule has 2 atom stereocenters. The molecule has 1 aromatic carbocycles. The fraction of sp³-hybridized carbons (Fsp3) is 0.538. The van der Waals surface area contributed by atoms with Crippen LogP contribution < -0.4 is 5.73 Å². The van der Waals surface area contributed by atoms with E-state index in [1.165, 1.54) is 18.4 Å². The highest BCUT2D eigenvalue weighted by Gasteiger charge is 2.33. The fourth-order valence-electron chi connectivity index (χ4n) is 2.78. The number of nitrogen functional groups attached to an aromatic ring is 1. The van der Waals surface area contributed by atoms with Crippen LogP contribution >= 0.6 is 15.9 Å². The number of nitrogens with zero attached hydrogens (tertiary/aromatic N) is 1. The van der Waals surface area contributed by atoms with Crippen LogP contribution in [-0.2, 0) is 11.3 Å². The molecule has 0 spiro atoms. The van der Waals surface area contributed by atoms with Gasteiger partial charge >= 0.3 is 0 Å². The number of hydrogen-bond donors (Lipinski definition) is 1. The summed E-state index contributed by atoms with van der Waals surface area (Å²) in [4.78, 5) is 2.48. The molecule has 0 saturated carbocycles. The third-order valence-corrected chi connectivity index (χ3v) is 4.31. The maximum Gasteiger partial charge on any atom is 0.0707 e. The van der Waals surface area contributed by atoms with Crippen molar-refractivity contribution in [1.29, 1.82) is 0 Å². The highest BCUT2D eigenvalue weighted by molar-refractivity contribution is 9.10. The molecule has 2 fully saturated rings. The van der Waals surface area contributed by atoms with Gasteiger partial charge in [-0.3, -0.25) is 4.90 Å². The van der Waals surface area contributed by atoms with E-state index in [0.717, 1.165) is 29.8 Å². The number of ether oxygens (including phenoxy) is 1. The number of benzene rings is 1. The lowest BCUT2D eigenvalue weighted by Crippen LogP contribution is -2.41. The van der Waals surface area contributed by atoms with Crippen LogP contribution in [-0.4, -0.2) is 30.2 Å². The minimum Gasteiger partial charge on any atom is -0.398 e. The van der Waals surface area contributed by atoms with E-state index < -0.39 is 0 Å². The Labute approximate surface area is 110 Å². The Morgan fingerprint density at radius 1 is 1.29 bits per heavy atom. The second-order valence-electron chi connectivity index (χ2n) is 5.01. The number of halogens is 1. The lowest BCUT2D eigenvalue weighted by Gasteiger charge is -2.32. The normalized spacial score (nSPS) is 28.5. The predicted molar refractivity (Wildman–Crippen MR) is 71.7 cm³/mol. The van der Waals surface area contributed by atoms with Gasteiger partial charge in [-0.1, -0.05) is 6.07 Å². The van der Waals surface area contributed by atoms with Crippen LogP contribution in [0.4, 0.5) is 5.69 Å². The van der Waals surface area contributed by atoms with Crippen molar-refractivity contribution in [2.75, 3.05) is 18.8 Å². The Morgan fingerprint density at radius 2 is 2.00 bits per heavy atom. The van der Waals surface area contributed by atoms with Gasteiger partial charge in [0.2, 0.25) is 0 Å². The number of likely N-dealkylation sites (tertiary alicyclic amines) is 1. The first kappa shape index (κ1) is 11.5. The van der Waals surface area contributed by atoms with Gasteiger partial charge in [0.05, 0.1) is 12.2 Å². The van der Waals surface area contributed by atoms with E-state index in [1.54, 1.807) is 0 Å². The molecular weight excluding hydrogens is 280 g/mol. The standard InChI is InChI=1S/C13H17BrN2O/c14-12-4-1-9(5-13(12)15)6-16-7-10-2-3-11(8-16)17-10/h1,4-5,10-11H,2-3,6-8,15H2. The van der Waals surface area contributed by atoms with Crippen molar-refractivity contribution in [2.24, 2.45) is 0 Å². The van der Waals surface area contributed by atoms with Crippen LogP contribution in [0, 0.1) is 0 Å². The molecule has 0 radical (unpaired) electrons. The minimum absolute atomic E-state index is 0.460. The van der Waals surface area contributed by atoms with Crippen molar-refractivity contribution in [1.82, 2.24) is 4.90 Å². The van der Waals surface area contributed by atoms with Crippen molar-refractivity contribution in [3.05, 3.63) is 28.2 Å². The quantitative estimate of drug-likeness (QED) is 0.852. The van der Waals surface area contributed by atoms with Gasteiger partial charge in [-0.05, 0) is 46.5 Å². The molecule has 2 heterocycles. The van der Waals surface area contributed by atoms with Crippen molar-refractivity contribution in [3.8, 4) is 0 Å². The number of nitrogens with two attached hydrogens (primary N) is 1. The fourth-order valence-corrected chi connectivity index (χ4v) is 3.02. The Morgan fingerprint density at radius 3 is 2.65 bits per heavy atom. The van der Waals surface area contributed by atoms with Crippen LogP contribution in [0.5, 0.6) is 0 Å². The van der Waals surface area contributed by atoms with Gasteiger partial charge in [0, 0.05) is 29.8 Å². The molecule has 0 aromatic heterocycles. The summed E-state index contributed by atoms with van der Waals surface area (Å²) in [5.74, 6) is 0. The lowest BCUT2D eigenvalue weighted by molar-refractivity contribution is -0.0410. The molecule has 2 unspecified atom stereocenters. The van der Waals surface area contributed by atoms with Gasteiger partial charge in [0.1, 0.15) is 0 Å².